The van der Waals surface area contributed by atoms with Crippen LogP contribution in [0.3, 0.4) is 0 Å². The molecule has 1 aromatic rings. The highest BCUT2D eigenvalue weighted by atomic mass is 19.1. The lowest BCUT2D eigenvalue weighted by Gasteiger charge is -2.18. The fraction of sp³-hybridized carbons (Fsp3) is 0.429. The molecule has 92 valence electrons. The minimum absolute atomic E-state index is 0.118. The summed E-state index contributed by atoms with van der Waals surface area (Å²) in [7, 11) is 0. The predicted molar refractivity (Wildman–Crippen MR) is 65.5 cm³/mol. The quantitative estimate of drug-likeness (QED) is 0.774. The highest BCUT2D eigenvalue weighted by molar-refractivity contribution is 5.23. The van der Waals surface area contributed by atoms with E-state index >= 15 is 0 Å². The molecule has 0 heterocycles. The third-order valence-corrected chi connectivity index (χ3v) is 2.53. The van der Waals surface area contributed by atoms with Crippen molar-refractivity contribution in [2.24, 2.45) is 0 Å². The number of halogens is 2. The fourth-order valence-corrected chi connectivity index (χ4v) is 1.78. The summed E-state index contributed by atoms with van der Waals surface area (Å²) in [6.45, 7) is 4.33. The van der Waals surface area contributed by atoms with Crippen molar-refractivity contribution in [1.29, 1.82) is 0 Å². The third-order valence-electron chi connectivity index (χ3n) is 2.53. The standard InChI is InChI=1S/C14H17F2N/c1-3-5-6-10-13(17-4-2)14-11(15)8-7-9-12(14)16/h7-9,13,17H,4,6,10H2,1-2H3. The van der Waals surface area contributed by atoms with Crippen LogP contribution < -0.4 is 5.32 Å². The van der Waals surface area contributed by atoms with Crippen LogP contribution in [0, 0.1) is 23.5 Å². The van der Waals surface area contributed by atoms with Crippen LogP contribution in [-0.4, -0.2) is 6.54 Å². The molecule has 17 heavy (non-hydrogen) atoms. The summed E-state index contributed by atoms with van der Waals surface area (Å²) in [5.74, 6) is 4.69. The number of nitrogens with one attached hydrogen (secondary N) is 1. The van der Waals surface area contributed by atoms with E-state index in [1.165, 1.54) is 18.2 Å². The topological polar surface area (TPSA) is 12.0 Å². The van der Waals surface area contributed by atoms with Crippen molar-refractivity contribution in [3.8, 4) is 11.8 Å². The van der Waals surface area contributed by atoms with Crippen LogP contribution in [-0.2, 0) is 0 Å². The molecule has 1 atom stereocenters. The Hall–Kier alpha value is -1.40. The average Bonchev–Trinajstić information content (AvgIpc) is 2.29. The maximum atomic E-state index is 13.6. The van der Waals surface area contributed by atoms with Crippen molar-refractivity contribution in [2.75, 3.05) is 6.54 Å². The fourth-order valence-electron chi connectivity index (χ4n) is 1.78. The van der Waals surface area contributed by atoms with E-state index in [2.05, 4.69) is 17.2 Å². The van der Waals surface area contributed by atoms with Gasteiger partial charge in [0.25, 0.3) is 0 Å². The molecule has 1 aromatic carbocycles. The normalized spacial score (nSPS) is 11.8. The molecule has 0 aliphatic heterocycles. The summed E-state index contributed by atoms with van der Waals surface area (Å²) in [6, 6.07) is 3.63. The van der Waals surface area contributed by atoms with Gasteiger partial charge in [0, 0.05) is 18.0 Å². The van der Waals surface area contributed by atoms with Gasteiger partial charge in [-0.05, 0) is 32.0 Å². The molecule has 0 spiro atoms. The maximum Gasteiger partial charge on any atom is 0.130 e. The summed E-state index contributed by atoms with van der Waals surface area (Å²) in [5.41, 5.74) is 0.118. The first kappa shape index (κ1) is 13.7. The third kappa shape index (κ3) is 3.83. The predicted octanol–water partition coefficient (Wildman–Crippen LogP) is 3.42. The molecule has 0 aromatic heterocycles. The van der Waals surface area contributed by atoms with Gasteiger partial charge in [-0.15, -0.1) is 11.8 Å². The highest BCUT2D eigenvalue weighted by Crippen LogP contribution is 2.24. The zero-order chi connectivity index (χ0) is 12.7. The number of benzene rings is 1. The second-order valence-corrected chi connectivity index (χ2v) is 3.71. The number of hydrogen-bond acceptors (Lipinski definition) is 1. The van der Waals surface area contributed by atoms with Crippen molar-refractivity contribution in [1.82, 2.24) is 5.32 Å². The van der Waals surface area contributed by atoms with Crippen LogP contribution in [0.2, 0.25) is 0 Å². The van der Waals surface area contributed by atoms with Gasteiger partial charge < -0.3 is 5.32 Å². The van der Waals surface area contributed by atoms with E-state index in [-0.39, 0.29) is 11.6 Å². The lowest BCUT2D eigenvalue weighted by Crippen LogP contribution is -2.23. The van der Waals surface area contributed by atoms with Crippen LogP contribution >= 0.6 is 0 Å². The summed E-state index contributed by atoms with van der Waals surface area (Å²) in [5, 5.41) is 3.09. The highest BCUT2D eigenvalue weighted by Gasteiger charge is 2.18. The second kappa shape index (κ2) is 7.03. The molecule has 3 heteroatoms. The molecular formula is C14H17F2N. The van der Waals surface area contributed by atoms with E-state index in [0.29, 0.717) is 19.4 Å². The smallest absolute Gasteiger partial charge is 0.130 e. The molecule has 0 amide bonds. The Kier molecular flexibility index (Phi) is 5.65. The molecule has 0 saturated heterocycles. The van der Waals surface area contributed by atoms with E-state index < -0.39 is 11.6 Å². The van der Waals surface area contributed by atoms with Crippen molar-refractivity contribution in [3.63, 3.8) is 0 Å². The maximum absolute atomic E-state index is 13.6. The lowest BCUT2D eigenvalue weighted by molar-refractivity contribution is 0.458. The summed E-state index contributed by atoms with van der Waals surface area (Å²) in [4.78, 5) is 0. The van der Waals surface area contributed by atoms with Crippen LogP contribution in [0.1, 0.15) is 38.3 Å². The first-order valence-electron chi connectivity index (χ1n) is 5.77. The molecule has 0 aliphatic rings. The zero-order valence-corrected chi connectivity index (χ0v) is 10.2. The molecule has 1 nitrogen and oxygen atoms in total. The van der Waals surface area contributed by atoms with Gasteiger partial charge in [-0.1, -0.05) is 13.0 Å². The Morgan fingerprint density at radius 1 is 1.29 bits per heavy atom. The summed E-state index contributed by atoms with van der Waals surface area (Å²) < 4.78 is 27.2. The van der Waals surface area contributed by atoms with Crippen molar-refractivity contribution < 1.29 is 8.78 Å². The minimum atomic E-state index is -0.500. The molecule has 1 unspecified atom stereocenters. The lowest BCUT2D eigenvalue weighted by atomic mass is 10.0. The van der Waals surface area contributed by atoms with Gasteiger partial charge in [-0.2, -0.15) is 0 Å². The molecule has 0 saturated carbocycles. The Morgan fingerprint density at radius 3 is 2.47 bits per heavy atom. The van der Waals surface area contributed by atoms with Crippen molar-refractivity contribution >= 4 is 0 Å². The minimum Gasteiger partial charge on any atom is -0.310 e. The second-order valence-electron chi connectivity index (χ2n) is 3.71. The summed E-state index contributed by atoms with van der Waals surface area (Å²) in [6.07, 6.45) is 1.23. The van der Waals surface area contributed by atoms with E-state index in [1.807, 2.05) is 6.92 Å². The van der Waals surface area contributed by atoms with Gasteiger partial charge in [0.15, 0.2) is 0 Å². The SMILES string of the molecule is CC#CCCC(NCC)c1c(F)cccc1F. The van der Waals surface area contributed by atoms with Crippen molar-refractivity contribution in [2.45, 2.75) is 32.7 Å². The Labute approximate surface area is 101 Å². The average molecular weight is 237 g/mol. The van der Waals surface area contributed by atoms with Gasteiger partial charge in [0.2, 0.25) is 0 Å². The number of hydrogen-bond donors (Lipinski definition) is 1. The van der Waals surface area contributed by atoms with E-state index in [9.17, 15) is 8.78 Å². The first-order chi connectivity index (χ1) is 8.20. The Bertz CT molecular complexity index is 398. The molecule has 1 N–H and O–H groups in total. The number of rotatable bonds is 5. The first-order valence-corrected chi connectivity index (χ1v) is 5.77. The zero-order valence-electron chi connectivity index (χ0n) is 10.2. The Morgan fingerprint density at radius 2 is 1.94 bits per heavy atom. The van der Waals surface area contributed by atoms with Crippen LogP contribution in [0.4, 0.5) is 8.78 Å². The molecule has 0 fully saturated rings. The van der Waals surface area contributed by atoms with Gasteiger partial charge in [0.05, 0.1) is 0 Å². The monoisotopic (exact) mass is 237 g/mol. The largest absolute Gasteiger partial charge is 0.310 e. The van der Waals surface area contributed by atoms with Crippen LogP contribution in [0.5, 0.6) is 0 Å². The van der Waals surface area contributed by atoms with E-state index in [4.69, 9.17) is 0 Å². The van der Waals surface area contributed by atoms with Crippen molar-refractivity contribution in [3.05, 3.63) is 35.4 Å². The molecule has 1 rings (SSSR count). The molecular weight excluding hydrogens is 220 g/mol. The van der Waals surface area contributed by atoms with E-state index in [1.54, 1.807) is 6.92 Å². The Balaban J connectivity index is 2.90. The summed E-state index contributed by atoms with van der Waals surface area (Å²) >= 11 is 0. The van der Waals surface area contributed by atoms with Gasteiger partial charge >= 0.3 is 0 Å². The van der Waals surface area contributed by atoms with Gasteiger partial charge in [0.1, 0.15) is 11.6 Å². The van der Waals surface area contributed by atoms with Gasteiger partial charge in [-0.3, -0.25) is 0 Å². The van der Waals surface area contributed by atoms with Crippen LogP contribution in [0.25, 0.3) is 0 Å². The molecule has 0 aliphatic carbocycles. The molecule has 0 bridgehead atoms. The van der Waals surface area contributed by atoms with E-state index in [0.717, 1.165) is 0 Å². The van der Waals surface area contributed by atoms with Crippen LogP contribution in [0.15, 0.2) is 18.2 Å². The van der Waals surface area contributed by atoms with Gasteiger partial charge in [-0.25, -0.2) is 8.78 Å². The molecule has 0 radical (unpaired) electrons.